The molecule has 2 aromatic heterocycles. The first-order chi connectivity index (χ1) is 9.42. The zero-order valence-corrected chi connectivity index (χ0v) is 12.1. The van der Waals surface area contributed by atoms with Crippen molar-refractivity contribution in [2.45, 2.75) is 31.8 Å². The van der Waals surface area contributed by atoms with Crippen molar-refractivity contribution in [1.29, 1.82) is 0 Å². The summed E-state index contributed by atoms with van der Waals surface area (Å²) in [6, 6.07) is 3.09. The van der Waals surface area contributed by atoms with Crippen molar-refractivity contribution in [3.05, 3.63) is 41.4 Å². The van der Waals surface area contributed by atoms with Gasteiger partial charge < -0.3 is 10.2 Å². The van der Waals surface area contributed by atoms with Crippen LogP contribution in [0.4, 0.5) is 0 Å². The van der Waals surface area contributed by atoms with Gasteiger partial charge in [-0.1, -0.05) is 0 Å². The lowest BCUT2D eigenvalue weighted by atomic mass is 10.4. The minimum Gasteiger partial charge on any atom is -0.464 e. The molecule has 2 heterocycles. The highest BCUT2D eigenvalue weighted by Gasteiger charge is 2.21. The maximum Gasteiger partial charge on any atom is 0.244 e. The largest absolute Gasteiger partial charge is 0.464 e. The zero-order valence-electron chi connectivity index (χ0n) is 11.3. The molecule has 0 fully saturated rings. The van der Waals surface area contributed by atoms with E-state index in [2.05, 4.69) is 14.7 Å². The van der Waals surface area contributed by atoms with Crippen LogP contribution in [0, 0.1) is 13.8 Å². The predicted octanol–water partition coefficient (Wildman–Crippen LogP) is 0.624. The van der Waals surface area contributed by atoms with Gasteiger partial charge in [0.2, 0.25) is 10.0 Å². The van der Waals surface area contributed by atoms with Gasteiger partial charge in [0.05, 0.1) is 18.8 Å². The van der Waals surface area contributed by atoms with Gasteiger partial charge in [0.1, 0.15) is 22.2 Å². The van der Waals surface area contributed by atoms with E-state index in [1.165, 1.54) is 6.07 Å². The first-order valence-corrected chi connectivity index (χ1v) is 7.48. The number of furan rings is 1. The third-order valence-corrected chi connectivity index (χ3v) is 4.20. The second-order valence-corrected chi connectivity index (χ2v) is 5.99. The average Bonchev–Trinajstić information content (AvgIpc) is 2.79. The SMILES string of the molecule is Cc1nccc(CNS(=O)(=O)c2cc(CN)oc2C)n1. The lowest BCUT2D eigenvalue weighted by molar-refractivity contribution is 0.478. The van der Waals surface area contributed by atoms with Gasteiger partial charge in [-0.15, -0.1) is 0 Å². The Morgan fingerprint density at radius 2 is 2.15 bits per heavy atom. The predicted molar refractivity (Wildman–Crippen MR) is 72.1 cm³/mol. The number of sulfonamides is 1. The molecule has 0 bridgehead atoms. The van der Waals surface area contributed by atoms with Gasteiger partial charge in [0.15, 0.2) is 0 Å². The lowest BCUT2D eigenvalue weighted by Crippen LogP contribution is -2.24. The summed E-state index contributed by atoms with van der Waals surface area (Å²) in [6.45, 7) is 3.57. The van der Waals surface area contributed by atoms with Crippen LogP contribution in [0.25, 0.3) is 0 Å². The summed E-state index contributed by atoms with van der Waals surface area (Å²) < 4.78 is 32.1. The summed E-state index contributed by atoms with van der Waals surface area (Å²) in [6.07, 6.45) is 1.58. The van der Waals surface area contributed by atoms with Crippen LogP contribution in [-0.2, 0) is 23.1 Å². The van der Waals surface area contributed by atoms with Crippen molar-refractivity contribution in [2.75, 3.05) is 0 Å². The molecule has 0 aliphatic rings. The van der Waals surface area contributed by atoms with E-state index in [1.807, 2.05) is 0 Å². The molecule has 8 heteroatoms. The van der Waals surface area contributed by atoms with Gasteiger partial charge >= 0.3 is 0 Å². The van der Waals surface area contributed by atoms with Crippen LogP contribution < -0.4 is 10.5 Å². The van der Waals surface area contributed by atoms with E-state index in [4.69, 9.17) is 10.2 Å². The van der Waals surface area contributed by atoms with Gasteiger partial charge in [-0.2, -0.15) is 0 Å². The van der Waals surface area contributed by atoms with Crippen molar-refractivity contribution in [2.24, 2.45) is 5.73 Å². The van der Waals surface area contributed by atoms with Crippen LogP contribution >= 0.6 is 0 Å². The molecule has 0 aliphatic carbocycles. The molecule has 108 valence electrons. The molecular weight excluding hydrogens is 280 g/mol. The van der Waals surface area contributed by atoms with E-state index in [0.29, 0.717) is 23.0 Å². The van der Waals surface area contributed by atoms with Gasteiger partial charge in [0, 0.05) is 12.3 Å². The minimum absolute atomic E-state index is 0.0915. The van der Waals surface area contributed by atoms with Gasteiger partial charge in [-0.25, -0.2) is 23.1 Å². The quantitative estimate of drug-likeness (QED) is 0.837. The summed E-state index contributed by atoms with van der Waals surface area (Å²) in [5.74, 6) is 1.34. The van der Waals surface area contributed by atoms with Crippen LogP contribution in [0.2, 0.25) is 0 Å². The van der Waals surface area contributed by atoms with Crippen LogP contribution in [0.5, 0.6) is 0 Å². The maximum absolute atomic E-state index is 12.2. The number of hydrogen-bond donors (Lipinski definition) is 2. The molecule has 0 amide bonds. The molecule has 7 nitrogen and oxygen atoms in total. The van der Waals surface area contributed by atoms with Crippen LogP contribution in [0.3, 0.4) is 0 Å². The normalized spacial score (nSPS) is 11.8. The van der Waals surface area contributed by atoms with Gasteiger partial charge in [-0.3, -0.25) is 0 Å². The molecule has 0 saturated heterocycles. The number of nitrogens with one attached hydrogen (secondary N) is 1. The monoisotopic (exact) mass is 296 g/mol. The Morgan fingerprint density at radius 1 is 1.40 bits per heavy atom. The average molecular weight is 296 g/mol. The summed E-state index contributed by atoms with van der Waals surface area (Å²) >= 11 is 0. The molecule has 0 aliphatic heterocycles. The Hall–Kier alpha value is -1.77. The number of nitrogens with two attached hydrogens (primary N) is 1. The standard InChI is InChI=1S/C12H16N4O3S/c1-8-12(5-11(6-13)19-8)20(17,18)15-7-10-3-4-14-9(2)16-10/h3-5,15H,6-7,13H2,1-2H3. The summed E-state index contributed by atoms with van der Waals surface area (Å²) in [5.41, 5.74) is 6.03. The molecule has 0 spiro atoms. The fraction of sp³-hybridized carbons (Fsp3) is 0.333. The van der Waals surface area contributed by atoms with Crippen molar-refractivity contribution in [3.63, 3.8) is 0 Å². The molecule has 20 heavy (non-hydrogen) atoms. The van der Waals surface area contributed by atoms with E-state index in [1.54, 1.807) is 26.1 Å². The lowest BCUT2D eigenvalue weighted by Gasteiger charge is -2.05. The Kier molecular flexibility index (Phi) is 4.17. The highest BCUT2D eigenvalue weighted by atomic mass is 32.2. The molecule has 0 atom stereocenters. The third kappa shape index (κ3) is 3.21. The molecule has 3 N–H and O–H groups in total. The molecule has 2 aromatic rings. The van der Waals surface area contributed by atoms with Crippen molar-refractivity contribution in [3.8, 4) is 0 Å². The first-order valence-electron chi connectivity index (χ1n) is 6.00. The highest BCUT2D eigenvalue weighted by molar-refractivity contribution is 7.89. The molecule has 2 rings (SSSR count). The molecule has 0 saturated carbocycles. The Bertz CT molecular complexity index is 709. The Labute approximate surface area is 117 Å². The van der Waals surface area contributed by atoms with Crippen LogP contribution in [-0.4, -0.2) is 18.4 Å². The first kappa shape index (κ1) is 14.6. The zero-order chi connectivity index (χ0) is 14.8. The van der Waals surface area contributed by atoms with E-state index >= 15 is 0 Å². The Balaban J connectivity index is 2.17. The smallest absolute Gasteiger partial charge is 0.244 e. The second kappa shape index (κ2) is 5.70. The Morgan fingerprint density at radius 3 is 2.75 bits per heavy atom. The van der Waals surface area contributed by atoms with Crippen LogP contribution in [0.1, 0.15) is 23.0 Å². The van der Waals surface area contributed by atoms with Gasteiger partial charge in [0.25, 0.3) is 0 Å². The molecular formula is C12H16N4O3S. The molecule has 0 radical (unpaired) electrons. The van der Waals surface area contributed by atoms with Crippen molar-refractivity contribution in [1.82, 2.24) is 14.7 Å². The van der Waals surface area contributed by atoms with E-state index in [-0.39, 0.29) is 18.0 Å². The summed E-state index contributed by atoms with van der Waals surface area (Å²) in [7, 11) is -3.65. The van der Waals surface area contributed by atoms with Crippen LogP contribution in [0.15, 0.2) is 27.6 Å². The second-order valence-electron chi connectivity index (χ2n) is 4.26. The fourth-order valence-electron chi connectivity index (χ4n) is 1.74. The minimum atomic E-state index is -3.65. The van der Waals surface area contributed by atoms with E-state index in [9.17, 15) is 8.42 Å². The highest BCUT2D eigenvalue weighted by Crippen LogP contribution is 2.19. The van der Waals surface area contributed by atoms with E-state index in [0.717, 1.165) is 0 Å². The molecule has 0 unspecified atom stereocenters. The summed E-state index contributed by atoms with van der Waals surface area (Å²) in [4.78, 5) is 8.19. The topological polar surface area (TPSA) is 111 Å². The van der Waals surface area contributed by atoms with E-state index < -0.39 is 10.0 Å². The number of aryl methyl sites for hydroxylation is 2. The number of hydrogen-bond acceptors (Lipinski definition) is 6. The van der Waals surface area contributed by atoms with Crippen molar-refractivity contribution >= 4 is 10.0 Å². The van der Waals surface area contributed by atoms with Gasteiger partial charge in [-0.05, 0) is 19.9 Å². The maximum atomic E-state index is 12.2. The van der Waals surface area contributed by atoms with Crippen molar-refractivity contribution < 1.29 is 12.8 Å². The number of aromatic nitrogens is 2. The fourth-order valence-corrected chi connectivity index (χ4v) is 2.94. The number of rotatable bonds is 5. The summed E-state index contributed by atoms with van der Waals surface area (Å²) in [5, 5.41) is 0. The third-order valence-electron chi connectivity index (χ3n) is 2.69. The molecule has 0 aromatic carbocycles. The number of nitrogens with zero attached hydrogens (tertiary/aromatic N) is 2.